The normalized spacial score (nSPS) is 22.4. The van der Waals surface area contributed by atoms with Crippen molar-refractivity contribution in [2.24, 2.45) is 0 Å². The van der Waals surface area contributed by atoms with Gasteiger partial charge in [0.1, 0.15) is 0 Å². The van der Waals surface area contributed by atoms with Gasteiger partial charge in [0.15, 0.2) is 0 Å². The van der Waals surface area contributed by atoms with Gasteiger partial charge in [-0.2, -0.15) is 17.4 Å². The number of methoxy groups -OCH3 is 1. The van der Waals surface area contributed by atoms with Gasteiger partial charge >= 0.3 is 5.97 Å². The van der Waals surface area contributed by atoms with E-state index in [-0.39, 0.29) is 12.0 Å². The van der Waals surface area contributed by atoms with Crippen LogP contribution in [0.5, 0.6) is 0 Å². The summed E-state index contributed by atoms with van der Waals surface area (Å²) in [5.74, 6) is -0.231. The Hall–Kier alpha value is -0.700. The van der Waals surface area contributed by atoms with E-state index in [2.05, 4.69) is 14.4 Å². The maximum atomic E-state index is 12.0. The molecule has 0 aromatic carbocycles. The molecule has 19 heavy (non-hydrogen) atoms. The summed E-state index contributed by atoms with van der Waals surface area (Å²) < 4.78 is 32.7. The van der Waals surface area contributed by atoms with Crippen LogP contribution < -0.4 is 4.72 Å². The minimum Gasteiger partial charge on any atom is -0.469 e. The van der Waals surface area contributed by atoms with Gasteiger partial charge in [-0.25, -0.2) is 0 Å². The van der Waals surface area contributed by atoms with Crippen LogP contribution in [0.4, 0.5) is 0 Å². The second kappa shape index (κ2) is 6.17. The van der Waals surface area contributed by atoms with E-state index >= 15 is 0 Å². The summed E-state index contributed by atoms with van der Waals surface area (Å²) in [5, 5.41) is 0. The van der Waals surface area contributed by atoms with Gasteiger partial charge in [-0.15, -0.1) is 0 Å². The predicted molar refractivity (Wildman–Crippen MR) is 69.7 cm³/mol. The fourth-order valence-electron chi connectivity index (χ4n) is 2.03. The second-order valence-corrected chi connectivity index (χ2v) is 6.67. The highest BCUT2D eigenvalue weighted by Crippen LogP contribution is 2.21. The smallest absolute Gasteiger partial charge is 0.306 e. The summed E-state index contributed by atoms with van der Waals surface area (Å²) in [7, 11) is -1.94. The number of nitrogens with zero attached hydrogens (tertiary/aromatic N) is 2. The van der Waals surface area contributed by atoms with Crippen molar-refractivity contribution >= 4 is 16.2 Å². The van der Waals surface area contributed by atoms with Gasteiger partial charge in [-0.3, -0.25) is 4.79 Å². The molecule has 1 N–H and O–H groups in total. The molecule has 0 amide bonds. The maximum Gasteiger partial charge on any atom is 0.306 e. The lowest BCUT2D eigenvalue weighted by molar-refractivity contribution is -0.141. The Morgan fingerprint density at radius 1 is 1.26 bits per heavy atom. The Morgan fingerprint density at radius 2 is 1.89 bits per heavy atom. The van der Waals surface area contributed by atoms with Crippen LogP contribution in [0.15, 0.2) is 0 Å². The molecule has 8 heteroatoms. The number of rotatable bonds is 6. The van der Waals surface area contributed by atoms with Crippen LogP contribution in [-0.4, -0.2) is 69.5 Å². The highest BCUT2D eigenvalue weighted by atomic mass is 32.2. The summed E-state index contributed by atoms with van der Waals surface area (Å²) >= 11 is 0. The Labute approximate surface area is 114 Å². The van der Waals surface area contributed by atoms with E-state index in [4.69, 9.17) is 0 Å². The summed E-state index contributed by atoms with van der Waals surface area (Å²) in [6.45, 7) is 2.88. The second-order valence-electron chi connectivity index (χ2n) is 4.96. The predicted octanol–water partition coefficient (Wildman–Crippen LogP) is -0.836. The van der Waals surface area contributed by atoms with Crippen LogP contribution >= 0.6 is 0 Å². The lowest BCUT2D eigenvalue weighted by Crippen LogP contribution is -2.52. The van der Waals surface area contributed by atoms with Crippen molar-refractivity contribution in [1.82, 2.24) is 13.9 Å². The first-order valence-corrected chi connectivity index (χ1v) is 8.02. The van der Waals surface area contributed by atoms with Gasteiger partial charge in [0, 0.05) is 38.8 Å². The standard InChI is InChI=1S/C11H21N3O4S/c1-18-11(15)4-5-13-6-8-14(9-7-13)19(16,17)12-10-2-3-10/h10,12H,2-9H2,1H3. The van der Waals surface area contributed by atoms with E-state index in [0.29, 0.717) is 39.1 Å². The average molecular weight is 291 g/mol. The Kier molecular flexibility index (Phi) is 4.77. The van der Waals surface area contributed by atoms with Gasteiger partial charge in [0.05, 0.1) is 13.5 Å². The van der Waals surface area contributed by atoms with Crippen LogP contribution in [-0.2, 0) is 19.7 Å². The lowest BCUT2D eigenvalue weighted by atomic mass is 10.3. The minimum atomic E-state index is -3.31. The number of esters is 1. The van der Waals surface area contributed by atoms with E-state index < -0.39 is 10.2 Å². The van der Waals surface area contributed by atoms with E-state index in [0.717, 1.165) is 12.8 Å². The van der Waals surface area contributed by atoms with E-state index in [1.807, 2.05) is 0 Å². The third kappa shape index (κ3) is 4.41. The molecule has 110 valence electrons. The third-order valence-electron chi connectivity index (χ3n) is 3.42. The van der Waals surface area contributed by atoms with Crippen molar-refractivity contribution in [2.75, 3.05) is 39.8 Å². The van der Waals surface area contributed by atoms with Crippen LogP contribution in [0.3, 0.4) is 0 Å². The van der Waals surface area contributed by atoms with E-state index in [1.165, 1.54) is 11.4 Å². The molecule has 1 saturated heterocycles. The monoisotopic (exact) mass is 291 g/mol. The molecule has 2 rings (SSSR count). The molecule has 0 radical (unpaired) electrons. The van der Waals surface area contributed by atoms with Gasteiger partial charge in [-0.05, 0) is 12.8 Å². The summed E-state index contributed by atoms with van der Waals surface area (Å²) in [5.41, 5.74) is 0. The van der Waals surface area contributed by atoms with Crippen molar-refractivity contribution in [3.05, 3.63) is 0 Å². The largest absolute Gasteiger partial charge is 0.469 e. The van der Waals surface area contributed by atoms with Crippen molar-refractivity contribution in [3.63, 3.8) is 0 Å². The SMILES string of the molecule is COC(=O)CCN1CCN(S(=O)(=O)NC2CC2)CC1. The summed E-state index contributed by atoms with van der Waals surface area (Å²) in [6, 6.07) is 0.141. The first-order valence-electron chi connectivity index (χ1n) is 6.58. The Bertz CT molecular complexity index is 414. The fraction of sp³-hybridized carbons (Fsp3) is 0.909. The van der Waals surface area contributed by atoms with Gasteiger partial charge in [-0.1, -0.05) is 0 Å². The van der Waals surface area contributed by atoms with Crippen LogP contribution in [0, 0.1) is 0 Å². The zero-order valence-corrected chi connectivity index (χ0v) is 12.0. The minimum absolute atomic E-state index is 0.141. The van der Waals surface area contributed by atoms with Crippen LogP contribution in [0.2, 0.25) is 0 Å². The highest BCUT2D eigenvalue weighted by Gasteiger charge is 2.32. The Balaban J connectivity index is 1.73. The van der Waals surface area contributed by atoms with Crippen molar-refractivity contribution in [1.29, 1.82) is 0 Å². The molecule has 1 saturated carbocycles. The molecule has 1 aliphatic heterocycles. The number of ether oxygens (including phenoxy) is 1. The van der Waals surface area contributed by atoms with Crippen molar-refractivity contribution in [3.8, 4) is 0 Å². The lowest BCUT2D eigenvalue weighted by Gasteiger charge is -2.33. The third-order valence-corrected chi connectivity index (χ3v) is 5.10. The summed E-state index contributed by atoms with van der Waals surface area (Å²) in [6.07, 6.45) is 2.24. The zero-order chi connectivity index (χ0) is 13.9. The van der Waals surface area contributed by atoms with E-state index in [9.17, 15) is 13.2 Å². The molecule has 0 bridgehead atoms. The highest BCUT2D eigenvalue weighted by molar-refractivity contribution is 7.87. The molecule has 1 aliphatic carbocycles. The number of carbonyl (C=O) groups excluding carboxylic acids is 1. The molecule has 2 aliphatic rings. The molecule has 0 spiro atoms. The molecular formula is C11H21N3O4S. The topological polar surface area (TPSA) is 79.0 Å². The van der Waals surface area contributed by atoms with Crippen molar-refractivity contribution < 1.29 is 17.9 Å². The van der Waals surface area contributed by atoms with Crippen LogP contribution in [0.1, 0.15) is 19.3 Å². The zero-order valence-electron chi connectivity index (χ0n) is 11.2. The van der Waals surface area contributed by atoms with Crippen molar-refractivity contribution in [2.45, 2.75) is 25.3 Å². The maximum absolute atomic E-state index is 12.0. The van der Waals surface area contributed by atoms with Gasteiger partial charge < -0.3 is 9.64 Å². The number of hydrogen-bond acceptors (Lipinski definition) is 5. The molecular weight excluding hydrogens is 270 g/mol. The molecule has 0 aromatic rings. The fourth-order valence-corrected chi connectivity index (χ4v) is 3.48. The molecule has 1 heterocycles. The summed E-state index contributed by atoms with van der Waals surface area (Å²) in [4.78, 5) is 13.1. The number of piperazine rings is 1. The number of nitrogens with one attached hydrogen (secondary N) is 1. The quantitative estimate of drug-likeness (QED) is 0.646. The first-order chi connectivity index (χ1) is 9.01. The Morgan fingerprint density at radius 3 is 2.42 bits per heavy atom. The molecule has 0 aromatic heterocycles. The molecule has 2 fully saturated rings. The number of hydrogen-bond donors (Lipinski definition) is 1. The average Bonchev–Trinajstić information content (AvgIpc) is 3.19. The number of carbonyl (C=O) groups is 1. The first kappa shape index (κ1) is 14.7. The van der Waals surface area contributed by atoms with Crippen LogP contribution in [0.25, 0.3) is 0 Å². The molecule has 7 nitrogen and oxygen atoms in total. The van der Waals surface area contributed by atoms with Gasteiger partial charge in [0.25, 0.3) is 10.2 Å². The van der Waals surface area contributed by atoms with E-state index in [1.54, 1.807) is 0 Å². The molecule has 0 unspecified atom stereocenters. The molecule has 0 atom stereocenters. The van der Waals surface area contributed by atoms with Gasteiger partial charge in [0.2, 0.25) is 0 Å².